The first-order valence-electron chi connectivity index (χ1n) is 7.97. The molecule has 1 aliphatic heterocycles. The molecule has 1 amide bonds. The highest BCUT2D eigenvalue weighted by Gasteiger charge is 2.28. The largest absolute Gasteiger partial charge is 0.496 e. The molecule has 0 radical (unpaired) electrons. The maximum atomic E-state index is 11.9. The van der Waals surface area contributed by atoms with Gasteiger partial charge in [0, 0.05) is 19.5 Å². The first kappa shape index (κ1) is 15.5. The zero-order chi connectivity index (χ0) is 16.2. The van der Waals surface area contributed by atoms with Gasteiger partial charge >= 0.3 is 0 Å². The van der Waals surface area contributed by atoms with E-state index in [0.29, 0.717) is 30.5 Å². The number of likely N-dealkylation sites (tertiary alicyclic amines) is 1. The van der Waals surface area contributed by atoms with Crippen molar-refractivity contribution in [1.29, 1.82) is 0 Å². The summed E-state index contributed by atoms with van der Waals surface area (Å²) < 4.78 is 11.2. The van der Waals surface area contributed by atoms with Crippen LogP contribution in [0, 0.1) is 0 Å². The van der Waals surface area contributed by atoms with Crippen LogP contribution in [-0.2, 0) is 4.79 Å². The van der Waals surface area contributed by atoms with Crippen molar-refractivity contribution in [1.82, 2.24) is 15.1 Å². The fraction of sp³-hybridized carbons (Fsp3) is 0.471. The van der Waals surface area contributed by atoms with Crippen LogP contribution in [0.15, 0.2) is 28.7 Å². The Hall–Kier alpha value is -2.37. The first-order valence-corrected chi connectivity index (χ1v) is 7.97. The highest BCUT2D eigenvalue weighted by atomic mass is 16.5. The molecule has 1 fully saturated rings. The van der Waals surface area contributed by atoms with Crippen molar-refractivity contribution < 1.29 is 13.9 Å². The third-order valence-corrected chi connectivity index (χ3v) is 4.20. The van der Waals surface area contributed by atoms with Gasteiger partial charge in [0.2, 0.25) is 11.8 Å². The molecule has 0 aliphatic carbocycles. The smallest absolute Gasteiger partial charge is 0.251 e. The number of nitrogens with zero attached hydrogens (tertiary/aromatic N) is 3. The van der Waals surface area contributed by atoms with Crippen LogP contribution in [0.4, 0.5) is 0 Å². The molecule has 1 atom stereocenters. The zero-order valence-electron chi connectivity index (χ0n) is 13.5. The van der Waals surface area contributed by atoms with E-state index in [4.69, 9.17) is 9.15 Å². The van der Waals surface area contributed by atoms with Crippen LogP contribution < -0.4 is 4.74 Å². The lowest BCUT2D eigenvalue weighted by Crippen LogP contribution is -2.38. The Morgan fingerprint density at radius 2 is 2.22 bits per heavy atom. The Morgan fingerprint density at radius 1 is 1.39 bits per heavy atom. The van der Waals surface area contributed by atoms with Crippen LogP contribution in [0.1, 0.15) is 38.0 Å². The molecule has 122 valence electrons. The summed E-state index contributed by atoms with van der Waals surface area (Å²) in [4.78, 5) is 13.8. The van der Waals surface area contributed by atoms with Crippen molar-refractivity contribution in [3.05, 3.63) is 30.2 Å². The van der Waals surface area contributed by atoms with Gasteiger partial charge in [-0.1, -0.05) is 19.1 Å². The van der Waals surface area contributed by atoms with Crippen LogP contribution in [0.2, 0.25) is 0 Å². The van der Waals surface area contributed by atoms with Crippen molar-refractivity contribution >= 4 is 5.91 Å². The van der Waals surface area contributed by atoms with Gasteiger partial charge < -0.3 is 14.1 Å². The number of rotatable bonds is 4. The Bertz CT molecular complexity index is 683. The summed E-state index contributed by atoms with van der Waals surface area (Å²) in [6.45, 7) is 3.36. The summed E-state index contributed by atoms with van der Waals surface area (Å²) in [6.07, 6.45) is 2.45. The van der Waals surface area contributed by atoms with Gasteiger partial charge in [-0.2, -0.15) is 0 Å². The first-order chi connectivity index (χ1) is 11.2. The molecular formula is C17H21N3O3. The number of para-hydroxylation sites is 1. The molecule has 0 unspecified atom stereocenters. The predicted octanol–water partition coefficient (Wildman–Crippen LogP) is 2.86. The van der Waals surface area contributed by atoms with Gasteiger partial charge in [0.05, 0.1) is 18.6 Å². The molecular weight excluding hydrogens is 294 g/mol. The normalized spacial score (nSPS) is 18.0. The number of carbonyl (C=O) groups excluding carboxylic acids is 1. The SMILES string of the molecule is CCC(=O)N1CCC[C@H](c2nnc(-c3ccccc3OC)o2)C1. The van der Waals surface area contributed by atoms with Gasteiger partial charge in [-0.05, 0) is 25.0 Å². The molecule has 1 aromatic heterocycles. The number of methoxy groups -OCH3 is 1. The Kier molecular flexibility index (Phi) is 4.60. The van der Waals surface area contributed by atoms with E-state index in [-0.39, 0.29) is 11.8 Å². The summed E-state index contributed by atoms with van der Waals surface area (Å²) in [5.74, 6) is 2.04. The maximum absolute atomic E-state index is 11.9. The van der Waals surface area contributed by atoms with Crippen molar-refractivity contribution in [3.8, 4) is 17.2 Å². The van der Waals surface area contributed by atoms with Gasteiger partial charge in [-0.15, -0.1) is 10.2 Å². The van der Waals surface area contributed by atoms with Crippen molar-refractivity contribution in [2.75, 3.05) is 20.2 Å². The molecule has 3 rings (SSSR count). The van der Waals surface area contributed by atoms with Gasteiger partial charge in [0.1, 0.15) is 5.75 Å². The summed E-state index contributed by atoms with van der Waals surface area (Å²) in [5, 5.41) is 8.36. The molecule has 2 aromatic rings. The molecule has 6 heteroatoms. The molecule has 0 bridgehead atoms. The number of carbonyl (C=O) groups is 1. The minimum atomic E-state index is 0.107. The number of hydrogen-bond acceptors (Lipinski definition) is 5. The van der Waals surface area contributed by atoms with Gasteiger partial charge in [-0.3, -0.25) is 4.79 Å². The molecule has 23 heavy (non-hydrogen) atoms. The van der Waals surface area contributed by atoms with Crippen LogP contribution in [0.5, 0.6) is 5.75 Å². The molecule has 0 saturated carbocycles. The zero-order valence-corrected chi connectivity index (χ0v) is 13.5. The van der Waals surface area contributed by atoms with E-state index in [1.807, 2.05) is 36.1 Å². The molecule has 1 saturated heterocycles. The lowest BCUT2D eigenvalue weighted by atomic mass is 9.98. The number of amides is 1. The average Bonchev–Trinajstić information content (AvgIpc) is 3.11. The topological polar surface area (TPSA) is 68.5 Å². The van der Waals surface area contributed by atoms with Crippen LogP contribution in [0.3, 0.4) is 0 Å². The fourth-order valence-electron chi connectivity index (χ4n) is 2.96. The standard InChI is InChI=1S/C17H21N3O3/c1-3-15(21)20-10-6-7-12(11-20)16-18-19-17(23-16)13-8-4-5-9-14(13)22-2/h4-5,8-9,12H,3,6-7,10-11H2,1-2H3/t12-/m0/s1. The van der Waals surface area contributed by atoms with E-state index in [2.05, 4.69) is 10.2 Å². The molecule has 0 spiro atoms. The average molecular weight is 315 g/mol. The quantitative estimate of drug-likeness (QED) is 0.868. The highest BCUT2D eigenvalue weighted by molar-refractivity contribution is 5.76. The van der Waals surface area contributed by atoms with E-state index in [9.17, 15) is 4.79 Å². The second kappa shape index (κ2) is 6.81. The van der Waals surface area contributed by atoms with Crippen LogP contribution in [0.25, 0.3) is 11.5 Å². The third kappa shape index (κ3) is 3.21. The Morgan fingerprint density at radius 3 is 3.00 bits per heavy atom. The maximum Gasteiger partial charge on any atom is 0.251 e. The summed E-state index contributed by atoms with van der Waals surface area (Å²) in [5.41, 5.74) is 0.783. The molecule has 2 heterocycles. The summed E-state index contributed by atoms with van der Waals surface area (Å²) >= 11 is 0. The van der Waals surface area contributed by atoms with Crippen molar-refractivity contribution in [2.24, 2.45) is 0 Å². The van der Waals surface area contributed by atoms with Crippen LogP contribution >= 0.6 is 0 Å². The number of hydrogen-bond donors (Lipinski definition) is 0. The van der Waals surface area contributed by atoms with Gasteiger partial charge in [0.15, 0.2) is 0 Å². The number of aromatic nitrogens is 2. The molecule has 0 N–H and O–H groups in total. The van der Waals surface area contributed by atoms with E-state index >= 15 is 0 Å². The van der Waals surface area contributed by atoms with Gasteiger partial charge in [0.25, 0.3) is 5.89 Å². The summed E-state index contributed by atoms with van der Waals surface area (Å²) in [6, 6.07) is 7.56. The third-order valence-electron chi connectivity index (χ3n) is 4.20. The number of ether oxygens (including phenoxy) is 1. The predicted molar refractivity (Wildman–Crippen MR) is 85.1 cm³/mol. The number of piperidine rings is 1. The minimum absolute atomic E-state index is 0.107. The second-order valence-electron chi connectivity index (χ2n) is 5.68. The van der Waals surface area contributed by atoms with E-state index < -0.39 is 0 Å². The number of benzene rings is 1. The van der Waals surface area contributed by atoms with Crippen LogP contribution in [-0.4, -0.2) is 41.2 Å². The lowest BCUT2D eigenvalue weighted by Gasteiger charge is -2.30. The molecule has 6 nitrogen and oxygen atoms in total. The van der Waals surface area contributed by atoms with Gasteiger partial charge in [-0.25, -0.2) is 0 Å². The minimum Gasteiger partial charge on any atom is -0.496 e. The van der Waals surface area contributed by atoms with E-state index in [0.717, 1.165) is 24.9 Å². The molecule has 1 aromatic carbocycles. The van der Waals surface area contributed by atoms with Crippen molar-refractivity contribution in [2.45, 2.75) is 32.1 Å². The Balaban J connectivity index is 1.80. The fourth-order valence-corrected chi connectivity index (χ4v) is 2.96. The highest BCUT2D eigenvalue weighted by Crippen LogP contribution is 2.32. The molecule has 1 aliphatic rings. The monoisotopic (exact) mass is 315 g/mol. The summed E-state index contributed by atoms with van der Waals surface area (Å²) in [7, 11) is 1.62. The van der Waals surface area contributed by atoms with E-state index in [1.54, 1.807) is 7.11 Å². The van der Waals surface area contributed by atoms with Crippen molar-refractivity contribution in [3.63, 3.8) is 0 Å². The second-order valence-corrected chi connectivity index (χ2v) is 5.68. The van der Waals surface area contributed by atoms with E-state index in [1.165, 1.54) is 0 Å². The Labute approximate surface area is 135 Å². The lowest BCUT2D eigenvalue weighted by molar-refractivity contribution is -0.132.